The predicted molar refractivity (Wildman–Crippen MR) is 68.0 cm³/mol. The van der Waals surface area contributed by atoms with Crippen LogP contribution in [0.1, 0.15) is 11.1 Å². The van der Waals surface area contributed by atoms with E-state index in [-0.39, 0.29) is 5.75 Å². The second kappa shape index (κ2) is 5.40. The standard InChI is InChI=1S/C14H15NO3/c1-10-6-12(16)8-13(7-10)18-9-11-4-3-5-15-14(11)17-2/h3-8,16H,9H2,1-2H3. The summed E-state index contributed by atoms with van der Waals surface area (Å²) < 4.78 is 10.8. The fourth-order valence-electron chi connectivity index (χ4n) is 1.69. The first-order valence-corrected chi connectivity index (χ1v) is 5.60. The molecule has 4 heteroatoms. The van der Waals surface area contributed by atoms with Crippen LogP contribution in [0.5, 0.6) is 17.4 Å². The molecule has 2 aromatic rings. The van der Waals surface area contributed by atoms with Gasteiger partial charge in [0.05, 0.1) is 12.7 Å². The average Bonchev–Trinajstić information content (AvgIpc) is 2.35. The Kier molecular flexibility index (Phi) is 3.67. The quantitative estimate of drug-likeness (QED) is 0.899. The third-order valence-electron chi connectivity index (χ3n) is 2.47. The lowest BCUT2D eigenvalue weighted by Gasteiger charge is -2.10. The molecular formula is C14H15NO3. The second-order valence-electron chi connectivity index (χ2n) is 3.96. The van der Waals surface area contributed by atoms with Crippen molar-refractivity contribution in [2.75, 3.05) is 7.11 Å². The second-order valence-corrected chi connectivity index (χ2v) is 3.96. The number of ether oxygens (including phenoxy) is 2. The molecule has 0 atom stereocenters. The van der Waals surface area contributed by atoms with Crippen LogP contribution < -0.4 is 9.47 Å². The Morgan fingerprint density at radius 2 is 2.11 bits per heavy atom. The first-order chi connectivity index (χ1) is 8.69. The van der Waals surface area contributed by atoms with E-state index >= 15 is 0 Å². The normalized spacial score (nSPS) is 10.1. The van der Waals surface area contributed by atoms with Crippen molar-refractivity contribution in [3.63, 3.8) is 0 Å². The highest BCUT2D eigenvalue weighted by Gasteiger charge is 2.05. The topological polar surface area (TPSA) is 51.6 Å². The van der Waals surface area contributed by atoms with Crippen molar-refractivity contribution >= 4 is 0 Å². The molecule has 0 saturated carbocycles. The number of aromatic hydroxyl groups is 1. The molecule has 0 aliphatic carbocycles. The number of methoxy groups -OCH3 is 1. The SMILES string of the molecule is COc1ncccc1COc1cc(C)cc(O)c1. The Labute approximate surface area is 106 Å². The summed E-state index contributed by atoms with van der Waals surface area (Å²) in [7, 11) is 1.57. The minimum atomic E-state index is 0.197. The lowest BCUT2D eigenvalue weighted by Crippen LogP contribution is -2.00. The zero-order valence-electron chi connectivity index (χ0n) is 10.4. The molecule has 2 rings (SSSR count). The number of hydrogen-bond donors (Lipinski definition) is 1. The van der Waals surface area contributed by atoms with E-state index in [9.17, 15) is 5.11 Å². The molecule has 0 saturated heterocycles. The summed E-state index contributed by atoms with van der Waals surface area (Å²) in [5.41, 5.74) is 1.81. The summed E-state index contributed by atoms with van der Waals surface area (Å²) in [5, 5.41) is 9.47. The van der Waals surface area contributed by atoms with Crippen molar-refractivity contribution in [2.24, 2.45) is 0 Å². The molecule has 0 unspecified atom stereocenters. The molecule has 1 heterocycles. The monoisotopic (exact) mass is 245 g/mol. The first-order valence-electron chi connectivity index (χ1n) is 5.60. The average molecular weight is 245 g/mol. The van der Waals surface area contributed by atoms with Gasteiger partial charge in [-0.2, -0.15) is 0 Å². The Balaban J connectivity index is 2.11. The van der Waals surface area contributed by atoms with Crippen LogP contribution in [-0.2, 0) is 6.61 Å². The Morgan fingerprint density at radius 1 is 1.28 bits per heavy atom. The van der Waals surface area contributed by atoms with Crippen molar-refractivity contribution in [1.29, 1.82) is 0 Å². The van der Waals surface area contributed by atoms with Gasteiger partial charge in [-0.3, -0.25) is 0 Å². The number of nitrogens with zero attached hydrogens (tertiary/aromatic N) is 1. The number of phenols is 1. The summed E-state index contributed by atoms with van der Waals surface area (Å²) in [5.74, 6) is 1.37. The molecule has 1 aromatic heterocycles. The van der Waals surface area contributed by atoms with Gasteiger partial charge in [0.25, 0.3) is 0 Å². The Hall–Kier alpha value is -2.23. The van der Waals surface area contributed by atoms with Gasteiger partial charge in [0.2, 0.25) is 5.88 Å². The Bertz CT molecular complexity index is 520. The fourth-order valence-corrected chi connectivity index (χ4v) is 1.69. The van der Waals surface area contributed by atoms with Gasteiger partial charge >= 0.3 is 0 Å². The molecule has 0 aliphatic rings. The Morgan fingerprint density at radius 3 is 2.83 bits per heavy atom. The van der Waals surface area contributed by atoms with Crippen LogP contribution in [0.3, 0.4) is 0 Å². The summed E-state index contributed by atoms with van der Waals surface area (Å²) in [6.45, 7) is 2.25. The molecule has 0 spiro atoms. The molecule has 1 N–H and O–H groups in total. The van der Waals surface area contributed by atoms with E-state index in [0.29, 0.717) is 18.2 Å². The summed E-state index contributed by atoms with van der Waals surface area (Å²) >= 11 is 0. The van der Waals surface area contributed by atoms with Crippen LogP contribution in [0.25, 0.3) is 0 Å². The van der Waals surface area contributed by atoms with E-state index in [0.717, 1.165) is 11.1 Å². The van der Waals surface area contributed by atoms with Gasteiger partial charge < -0.3 is 14.6 Å². The highest BCUT2D eigenvalue weighted by atomic mass is 16.5. The van der Waals surface area contributed by atoms with Crippen LogP contribution in [0, 0.1) is 6.92 Å². The molecule has 0 radical (unpaired) electrons. The maximum Gasteiger partial charge on any atom is 0.219 e. The molecule has 0 amide bonds. The number of pyridine rings is 1. The third kappa shape index (κ3) is 2.91. The summed E-state index contributed by atoms with van der Waals surface area (Å²) in [4.78, 5) is 4.09. The van der Waals surface area contributed by atoms with Crippen LogP contribution in [0.4, 0.5) is 0 Å². The molecular weight excluding hydrogens is 230 g/mol. The smallest absolute Gasteiger partial charge is 0.219 e. The molecule has 94 valence electrons. The van der Waals surface area contributed by atoms with Gasteiger partial charge in [-0.05, 0) is 36.8 Å². The minimum Gasteiger partial charge on any atom is -0.508 e. The van der Waals surface area contributed by atoms with Crippen molar-refractivity contribution in [1.82, 2.24) is 4.98 Å². The number of rotatable bonds is 4. The summed E-state index contributed by atoms with van der Waals surface area (Å²) in [6, 6.07) is 8.84. The van der Waals surface area contributed by atoms with Gasteiger partial charge in [0.1, 0.15) is 18.1 Å². The number of aromatic nitrogens is 1. The lowest BCUT2D eigenvalue weighted by atomic mass is 10.2. The zero-order chi connectivity index (χ0) is 13.0. The van der Waals surface area contributed by atoms with E-state index in [1.54, 1.807) is 25.4 Å². The van der Waals surface area contributed by atoms with Crippen LogP contribution >= 0.6 is 0 Å². The van der Waals surface area contributed by atoms with Gasteiger partial charge in [-0.25, -0.2) is 4.98 Å². The number of hydrogen-bond acceptors (Lipinski definition) is 4. The number of aryl methyl sites for hydroxylation is 1. The van der Waals surface area contributed by atoms with Gasteiger partial charge in [0, 0.05) is 12.3 Å². The van der Waals surface area contributed by atoms with Crippen LogP contribution in [0.2, 0.25) is 0 Å². The first kappa shape index (κ1) is 12.2. The molecule has 0 fully saturated rings. The van der Waals surface area contributed by atoms with Gasteiger partial charge in [-0.15, -0.1) is 0 Å². The van der Waals surface area contributed by atoms with Crippen molar-refractivity contribution < 1.29 is 14.6 Å². The van der Waals surface area contributed by atoms with Gasteiger partial charge in [-0.1, -0.05) is 0 Å². The minimum absolute atomic E-state index is 0.197. The zero-order valence-corrected chi connectivity index (χ0v) is 10.4. The third-order valence-corrected chi connectivity index (χ3v) is 2.47. The number of phenolic OH excluding ortho intramolecular Hbond substituents is 1. The molecule has 18 heavy (non-hydrogen) atoms. The molecule has 1 aromatic carbocycles. The van der Waals surface area contributed by atoms with E-state index in [2.05, 4.69) is 4.98 Å². The van der Waals surface area contributed by atoms with E-state index < -0.39 is 0 Å². The van der Waals surface area contributed by atoms with Crippen molar-refractivity contribution in [3.8, 4) is 17.4 Å². The largest absolute Gasteiger partial charge is 0.508 e. The van der Waals surface area contributed by atoms with E-state index in [4.69, 9.17) is 9.47 Å². The van der Waals surface area contributed by atoms with Crippen molar-refractivity contribution in [3.05, 3.63) is 47.7 Å². The number of benzene rings is 1. The van der Waals surface area contributed by atoms with Crippen LogP contribution in [-0.4, -0.2) is 17.2 Å². The molecule has 0 bridgehead atoms. The van der Waals surface area contributed by atoms with E-state index in [1.165, 1.54) is 0 Å². The highest BCUT2D eigenvalue weighted by molar-refractivity contribution is 5.37. The maximum absolute atomic E-state index is 9.47. The fraction of sp³-hybridized carbons (Fsp3) is 0.214. The molecule has 0 aliphatic heterocycles. The van der Waals surface area contributed by atoms with E-state index in [1.807, 2.05) is 25.1 Å². The lowest BCUT2D eigenvalue weighted by molar-refractivity contribution is 0.292. The predicted octanol–water partition coefficient (Wildman–Crippen LogP) is 2.68. The maximum atomic E-state index is 9.47. The highest BCUT2D eigenvalue weighted by Crippen LogP contribution is 2.23. The molecule has 4 nitrogen and oxygen atoms in total. The summed E-state index contributed by atoms with van der Waals surface area (Å²) in [6.07, 6.45) is 1.67. The van der Waals surface area contributed by atoms with Crippen molar-refractivity contribution in [2.45, 2.75) is 13.5 Å². The van der Waals surface area contributed by atoms with Gasteiger partial charge in [0.15, 0.2) is 0 Å². The van der Waals surface area contributed by atoms with Crippen LogP contribution in [0.15, 0.2) is 36.5 Å².